The van der Waals surface area contributed by atoms with Gasteiger partial charge < -0.3 is 0 Å². The van der Waals surface area contributed by atoms with Gasteiger partial charge in [0, 0.05) is 0 Å². The molecular formula is C25H33F. The van der Waals surface area contributed by atoms with Crippen LogP contribution in [0.25, 0.3) is 5.57 Å². The largest absolute Gasteiger partial charge is 0.207 e. The Balaban J connectivity index is 2.17. The monoisotopic (exact) mass is 352 g/mol. The number of halogens is 1. The molecule has 2 rings (SSSR count). The maximum absolute atomic E-state index is 13.1. The van der Waals surface area contributed by atoms with Gasteiger partial charge in [-0.1, -0.05) is 84.5 Å². The van der Waals surface area contributed by atoms with Gasteiger partial charge in [0.15, 0.2) is 0 Å². The van der Waals surface area contributed by atoms with Crippen molar-refractivity contribution >= 4 is 5.57 Å². The van der Waals surface area contributed by atoms with E-state index < -0.39 is 0 Å². The fraction of sp³-hybridized carbons (Fsp3) is 0.440. The summed E-state index contributed by atoms with van der Waals surface area (Å²) >= 11 is 0. The van der Waals surface area contributed by atoms with E-state index >= 15 is 0 Å². The molecule has 0 aliphatic rings. The van der Waals surface area contributed by atoms with Crippen LogP contribution in [0, 0.1) is 16.6 Å². The second kappa shape index (κ2) is 7.78. The first-order valence-electron chi connectivity index (χ1n) is 9.48. The summed E-state index contributed by atoms with van der Waals surface area (Å²) in [5, 5.41) is 0. The Morgan fingerprint density at radius 2 is 1.42 bits per heavy atom. The summed E-state index contributed by atoms with van der Waals surface area (Å²) in [4.78, 5) is 0. The average molecular weight is 353 g/mol. The molecule has 1 unspecified atom stereocenters. The first kappa shape index (κ1) is 20.4. The second-order valence-corrected chi connectivity index (χ2v) is 9.71. The smallest absolute Gasteiger partial charge is 0.123 e. The zero-order valence-electron chi connectivity index (χ0n) is 17.2. The third-order valence-corrected chi connectivity index (χ3v) is 4.91. The lowest BCUT2D eigenvalue weighted by Crippen LogP contribution is -2.23. The highest BCUT2D eigenvalue weighted by atomic mass is 19.1. The van der Waals surface area contributed by atoms with Crippen molar-refractivity contribution in [2.24, 2.45) is 10.8 Å². The fourth-order valence-electron chi connectivity index (χ4n) is 3.44. The van der Waals surface area contributed by atoms with Crippen molar-refractivity contribution < 1.29 is 4.39 Å². The maximum Gasteiger partial charge on any atom is 0.123 e. The van der Waals surface area contributed by atoms with Crippen molar-refractivity contribution in [3.63, 3.8) is 0 Å². The molecule has 1 heteroatoms. The Labute approximate surface area is 159 Å². The van der Waals surface area contributed by atoms with Crippen LogP contribution >= 0.6 is 0 Å². The standard InChI is InChI=1S/C25H33F/c1-18(16-19-8-14-22(26)15-9-19)20-10-12-21(13-11-20)23(25(5,6)7)17-24(2,3)4/h8-15,23H,1,16-17H2,2-7H3. The Morgan fingerprint density at radius 1 is 0.885 bits per heavy atom. The van der Waals surface area contributed by atoms with Gasteiger partial charge in [0.2, 0.25) is 0 Å². The van der Waals surface area contributed by atoms with E-state index in [-0.39, 0.29) is 11.2 Å². The summed E-state index contributed by atoms with van der Waals surface area (Å²) in [6.45, 7) is 18.1. The molecule has 0 saturated heterocycles. The molecule has 0 heterocycles. The van der Waals surface area contributed by atoms with Gasteiger partial charge in [-0.15, -0.1) is 0 Å². The van der Waals surface area contributed by atoms with Crippen LogP contribution in [0.5, 0.6) is 0 Å². The molecule has 0 bridgehead atoms. The number of rotatable bonds is 5. The lowest BCUT2D eigenvalue weighted by molar-refractivity contribution is 0.229. The first-order valence-corrected chi connectivity index (χ1v) is 9.48. The van der Waals surface area contributed by atoms with Crippen LogP contribution in [0.1, 0.15) is 70.6 Å². The molecule has 0 amide bonds. The summed E-state index contributed by atoms with van der Waals surface area (Å²) in [6, 6.07) is 15.5. The summed E-state index contributed by atoms with van der Waals surface area (Å²) in [5.41, 5.74) is 5.21. The van der Waals surface area contributed by atoms with Gasteiger partial charge in [-0.2, -0.15) is 0 Å². The predicted octanol–water partition coefficient (Wildman–Crippen LogP) is 7.65. The van der Waals surface area contributed by atoms with E-state index in [1.807, 2.05) is 12.1 Å². The SMILES string of the molecule is C=C(Cc1ccc(F)cc1)c1ccc(C(CC(C)(C)C)C(C)(C)C)cc1. The Bertz CT molecular complexity index is 722. The molecule has 26 heavy (non-hydrogen) atoms. The van der Waals surface area contributed by atoms with Crippen LogP contribution in [0.2, 0.25) is 0 Å². The van der Waals surface area contributed by atoms with Gasteiger partial charge in [0.1, 0.15) is 5.82 Å². The van der Waals surface area contributed by atoms with Gasteiger partial charge in [-0.3, -0.25) is 0 Å². The van der Waals surface area contributed by atoms with E-state index in [0.717, 1.165) is 29.5 Å². The molecule has 0 saturated carbocycles. The van der Waals surface area contributed by atoms with Gasteiger partial charge >= 0.3 is 0 Å². The van der Waals surface area contributed by atoms with Gasteiger partial charge in [0.05, 0.1) is 0 Å². The van der Waals surface area contributed by atoms with E-state index in [4.69, 9.17) is 0 Å². The Kier molecular flexibility index (Phi) is 6.11. The number of hydrogen-bond acceptors (Lipinski definition) is 0. The average Bonchev–Trinajstić information content (AvgIpc) is 2.53. The quantitative estimate of drug-likeness (QED) is 0.518. The fourth-order valence-corrected chi connectivity index (χ4v) is 3.44. The summed E-state index contributed by atoms with van der Waals surface area (Å²) in [5.74, 6) is 0.317. The van der Waals surface area contributed by atoms with Crippen LogP contribution < -0.4 is 0 Å². The summed E-state index contributed by atoms with van der Waals surface area (Å²) < 4.78 is 13.1. The molecule has 2 aromatic rings. The number of hydrogen-bond donors (Lipinski definition) is 0. The normalized spacial score (nSPS) is 13.5. The van der Waals surface area contributed by atoms with Crippen molar-refractivity contribution in [2.45, 2.75) is 60.3 Å². The zero-order valence-corrected chi connectivity index (χ0v) is 17.2. The zero-order chi connectivity index (χ0) is 19.5. The Hall–Kier alpha value is -1.89. The van der Waals surface area contributed by atoms with E-state index in [0.29, 0.717) is 11.3 Å². The van der Waals surface area contributed by atoms with E-state index in [9.17, 15) is 4.39 Å². The van der Waals surface area contributed by atoms with Gasteiger partial charge in [0.25, 0.3) is 0 Å². The van der Waals surface area contributed by atoms with Crippen molar-refractivity contribution in [1.29, 1.82) is 0 Å². The molecule has 2 aromatic carbocycles. The minimum Gasteiger partial charge on any atom is -0.207 e. The number of allylic oxidation sites excluding steroid dienone is 1. The minimum atomic E-state index is -0.198. The van der Waals surface area contributed by atoms with E-state index in [1.54, 1.807) is 0 Å². The topological polar surface area (TPSA) is 0 Å². The molecule has 0 aliphatic heterocycles. The van der Waals surface area contributed by atoms with E-state index in [1.165, 1.54) is 17.7 Å². The molecule has 0 N–H and O–H groups in total. The van der Waals surface area contributed by atoms with Crippen LogP contribution in [0.15, 0.2) is 55.1 Å². The minimum absolute atomic E-state index is 0.198. The second-order valence-electron chi connectivity index (χ2n) is 9.71. The first-order chi connectivity index (χ1) is 12.0. The molecule has 0 fully saturated rings. The van der Waals surface area contributed by atoms with E-state index in [2.05, 4.69) is 72.4 Å². The highest BCUT2D eigenvalue weighted by molar-refractivity contribution is 5.65. The van der Waals surface area contributed by atoms with Crippen molar-refractivity contribution in [3.8, 4) is 0 Å². The summed E-state index contributed by atoms with van der Waals surface area (Å²) in [7, 11) is 0. The third-order valence-electron chi connectivity index (χ3n) is 4.91. The van der Waals surface area contributed by atoms with Crippen LogP contribution in [-0.2, 0) is 6.42 Å². The molecule has 0 radical (unpaired) electrons. The molecule has 0 spiro atoms. The van der Waals surface area contributed by atoms with Gasteiger partial charge in [-0.25, -0.2) is 4.39 Å². The van der Waals surface area contributed by atoms with Crippen LogP contribution in [-0.4, -0.2) is 0 Å². The van der Waals surface area contributed by atoms with Crippen LogP contribution in [0.3, 0.4) is 0 Å². The molecule has 0 aromatic heterocycles. The van der Waals surface area contributed by atoms with Crippen molar-refractivity contribution in [3.05, 3.63) is 77.6 Å². The third kappa shape index (κ3) is 5.83. The molecule has 140 valence electrons. The Morgan fingerprint density at radius 3 is 1.88 bits per heavy atom. The lowest BCUT2D eigenvalue weighted by Gasteiger charge is -2.36. The molecule has 0 aliphatic carbocycles. The predicted molar refractivity (Wildman–Crippen MR) is 112 cm³/mol. The van der Waals surface area contributed by atoms with Gasteiger partial charge in [-0.05, 0) is 64.0 Å². The van der Waals surface area contributed by atoms with Crippen molar-refractivity contribution in [1.82, 2.24) is 0 Å². The molecule has 0 nitrogen and oxygen atoms in total. The van der Waals surface area contributed by atoms with Crippen molar-refractivity contribution in [2.75, 3.05) is 0 Å². The lowest BCUT2D eigenvalue weighted by atomic mass is 9.69. The highest BCUT2D eigenvalue weighted by Crippen LogP contribution is 2.43. The number of benzene rings is 2. The summed E-state index contributed by atoms with van der Waals surface area (Å²) in [6.07, 6.45) is 1.90. The maximum atomic E-state index is 13.1. The van der Waals surface area contributed by atoms with Crippen LogP contribution in [0.4, 0.5) is 4.39 Å². The molecule has 1 atom stereocenters. The highest BCUT2D eigenvalue weighted by Gasteiger charge is 2.30. The molecular weight excluding hydrogens is 319 g/mol.